The van der Waals surface area contributed by atoms with E-state index in [1.807, 2.05) is 10.3 Å². The Balaban J connectivity index is 1.91. The number of ether oxygens (including phenoxy) is 1. The summed E-state index contributed by atoms with van der Waals surface area (Å²) in [7, 11) is 0. The standard InChI is InChI=1S/C20H20BrFN4O2S/c1-2-28-20(27)16-15-7-11(9-23)10-26(15)18(19-24-5-6-29-19)25-17(16)13-4-3-12(22)8-14(13)21/h3-6,8,11,17H,2,7,9-10,23H2,1H3/t11?,17-/m0/s1. The van der Waals surface area contributed by atoms with Gasteiger partial charge in [-0.15, -0.1) is 11.3 Å². The van der Waals surface area contributed by atoms with E-state index in [1.54, 1.807) is 19.2 Å². The summed E-state index contributed by atoms with van der Waals surface area (Å²) in [6.07, 6.45) is 2.39. The normalized spacial score (nSPS) is 21.2. The van der Waals surface area contributed by atoms with E-state index < -0.39 is 12.0 Å². The maximum absolute atomic E-state index is 13.7. The van der Waals surface area contributed by atoms with Crippen molar-refractivity contribution in [2.24, 2.45) is 16.6 Å². The number of hydrogen-bond acceptors (Lipinski definition) is 7. The predicted molar refractivity (Wildman–Crippen MR) is 113 cm³/mol. The van der Waals surface area contributed by atoms with Gasteiger partial charge < -0.3 is 15.4 Å². The van der Waals surface area contributed by atoms with Crippen LogP contribution in [-0.4, -0.2) is 41.4 Å². The van der Waals surface area contributed by atoms with Crippen LogP contribution in [-0.2, 0) is 9.53 Å². The van der Waals surface area contributed by atoms with Gasteiger partial charge in [-0.2, -0.15) is 0 Å². The number of aliphatic imine (C=N–C) groups is 1. The molecule has 4 rings (SSSR count). The minimum atomic E-state index is -0.620. The van der Waals surface area contributed by atoms with E-state index in [2.05, 4.69) is 20.9 Å². The van der Waals surface area contributed by atoms with Crippen molar-refractivity contribution in [3.63, 3.8) is 0 Å². The molecule has 6 nitrogen and oxygen atoms in total. The fourth-order valence-corrected chi connectivity index (χ4v) is 4.96. The highest BCUT2D eigenvalue weighted by atomic mass is 79.9. The van der Waals surface area contributed by atoms with Crippen LogP contribution in [0.2, 0.25) is 0 Å². The van der Waals surface area contributed by atoms with Crippen LogP contribution in [0.4, 0.5) is 4.39 Å². The first-order chi connectivity index (χ1) is 14.0. The number of fused-ring (bicyclic) bond motifs is 1. The summed E-state index contributed by atoms with van der Waals surface area (Å²) in [4.78, 5) is 24.4. The second-order valence-electron chi connectivity index (χ2n) is 6.86. The first-order valence-corrected chi connectivity index (χ1v) is 11.0. The van der Waals surface area contributed by atoms with Crippen LogP contribution < -0.4 is 5.73 Å². The van der Waals surface area contributed by atoms with Crippen molar-refractivity contribution in [2.75, 3.05) is 19.7 Å². The van der Waals surface area contributed by atoms with Crippen LogP contribution in [0.15, 0.2) is 50.5 Å². The van der Waals surface area contributed by atoms with Crippen molar-refractivity contribution in [1.82, 2.24) is 9.88 Å². The molecule has 2 aliphatic heterocycles. The van der Waals surface area contributed by atoms with Crippen molar-refractivity contribution in [1.29, 1.82) is 0 Å². The zero-order valence-corrected chi connectivity index (χ0v) is 18.2. The quantitative estimate of drug-likeness (QED) is 0.663. The van der Waals surface area contributed by atoms with Gasteiger partial charge in [0.15, 0.2) is 10.8 Å². The van der Waals surface area contributed by atoms with Crippen molar-refractivity contribution in [3.05, 3.63) is 61.9 Å². The largest absolute Gasteiger partial charge is 0.463 e. The number of thiazole rings is 1. The predicted octanol–water partition coefficient (Wildman–Crippen LogP) is 3.64. The maximum Gasteiger partial charge on any atom is 0.338 e. The van der Waals surface area contributed by atoms with Crippen LogP contribution in [0.3, 0.4) is 0 Å². The SMILES string of the molecule is CCOC(=O)C1=C2CC(CN)CN2C(c2nccs2)=N[C@H]1c1ccc(F)cc1Br. The summed E-state index contributed by atoms with van der Waals surface area (Å²) in [6, 6.07) is 3.78. The number of allylic oxidation sites excluding steroid dienone is 1. The monoisotopic (exact) mass is 478 g/mol. The lowest BCUT2D eigenvalue weighted by molar-refractivity contribution is -0.139. The van der Waals surface area contributed by atoms with Crippen molar-refractivity contribution < 1.29 is 13.9 Å². The van der Waals surface area contributed by atoms with Gasteiger partial charge in [0.25, 0.3) is 0 Å². The molecule has 1 aromatic heterocycles. The second-order valence-corrected chi connectivity index (χ2v) is 8.60. The summed E-state index contributed by atoms with van der Waals surface area (Å²) >= 11 is 4.92. The van der Waals surface area contributed by atoms with Crippen LogP contribution in [0, 0.1) is 11.7 Å². The lowest BCUT2D eigenvalue weighted by Gasteiger charge is -2.32. The van der Waals surface area contributed by atoms with Gasteiger partial charge in [0.05, 0.1) is 12.2 Å². The number of esters is 1. The molecule has 2 aliphatic rings. The zero-order chi connectivity index (χ0) is 20.5. The van der Waals surface area contributed by atoms with Gasteiger partial charge in [0.1, 0.15) is 11.9 Å². The van der Waals surface area contributed by atoms with Gasteiger partial charge in [-0.3, -0.25) is 4.99 Å². The molecule has 2 N–H and O–H groups in total. The molecular formula is C20H20BrFN4O2S. The molecule has 0 bridgehead atoms. The van der Waals surface area contributed by atoms with E-state index >= 15 is 0 Å². The lowest BCUT2D eigenvalue weighted by atomic mass is 9.94. The molecule has 29 heavy (non-hydrogen) atoms. The molecule has 1 unspecified atom stereocenters. The smallest absolute Gasteiger partial charge is 0.338 e. The van der Waals surface area contributed by atoms with E-state index in [0.29, 0.717) is 41.0 Å². The third kappa shape index (κ3) is 3.74. The Morgan fingerprint density at radius 2 is 2.31 bits per heavy atom. The molecule has 1 fully saturated rings. The maximum atomic E-state index is 13.7. The molecule has 1 aromatic carbocycles. The molecule has 0 amide bonds. The number of aromatic nitrogens is 1. The molecule has 0 aliphatic carbocycles. The number of amidine groups is 1. The van der Waals surface area contributed by atoms with Gasteiger partial charge in [-0.25, -0.2) is 14.2 Å². The highest BCUT2D eigenvalue weighted by Crippen LogP contribution is 2.43. The fraction of sp³-hybridized carbons (Fsp3) is 0.350. The number of rotatable bonds is 5. The number of carbonyl (C=O) groups excluding carboxylic acids is 1. The summed E-state index contributed by atoms with van der Waals surface area (Å²) < 4.78 is 19.6. The lowest BCUT2D eigenvalue weighted by Crippen LogP contribution is -2.36. The topological polar surface area (TPSA) is 80.8 Å². The average Bonchev–Trinajstić information content (AvgIpc) is 3.37. The number of carbonyl (C=O) groups is 1. The van der Waals surface area contributed by atoms with Gasteiger partial charge >= 0.3 is 5.97 Å². The molecule has 9 heteroatoms. The summed E-state index contributed by atoms with van der Waals surface area (Å²) in [5.41, 5.74) is 8.00. The van der Waals surface area contributed by atoms with Crippen molar-refractivity contribution >= 4 is 39.1 Å². The van der Waals surface area contributed by atoms with Crippen LogP contribution in [0.1, 0.15) is 30.0 Å². The molecule has 1 saturated heterocycles. The molecule has 0 saturated carbocycles. The van der Waals surface area contributed by atoms with E-state index in [9.17, 15) is 9.18 Å². The average molecular weight is 479 g/mol. The molecule has 2 aromatic rings. The van der Waals surface area contributed by atoms with Gasteiger partial charge in [0.2, 0.25) is 0 Å². The van der Waals surface area contributed by atoms with Gasteiger partial charge in [-0.1, -0.05) is 22.0 Å². The van der Waals surface area contributed by atoms with E-state index in [0.717, 1.165) is 10.7 Å². The Labute approximate surface area is 180 Å². The Kier molecular flexibility index (Phi) is 5.80. The minimum absolute atomic E-state index is 0.204. The third-order valence-electron chi connectivity index (χ3n) is 5.05. The van der Waals surface area contributed by atoms with E-state index in [-0.39, 0.29) is 18.3 Å². The number of nitrogens with two attached hydrogens (primary N) is 1. The first kappa shape index (κ1) is 20.2. The number of benzene rings is 1. The van der Waals surface area contributed by atoms with Gasteiger partial charge in [0, 0.05) is 28.3 Å². The molecule has 3 heterocycles. The number of hydrogen-bond donors (Lipinski definition) is 1. The zero-order valence-electron chi connectivity index (χ0n) is 15.8. The minimum Gasteiger partial charge on any atom is -0.463 e. The van der Waals surface area contributed by atoms with Gasteiger partial charge in [-0.05, 0) is 43.5 Å². The molecule has 0 radical (unpaired) electrons. The Bertz CT molecular complexity index is 992. The second kappa shape index (κ2) is 8.33. The third-order valence-corrected chi connectivity index (χ3v) is 6.51. The Morgan fingerprint density at radius 3 is 2.97 bits per heavy atom. The number of halogens is 2. The fourth-order valence-electron chi connectivity index (χ4n) is 3.75. The van der Waals surface area contributed by atoms with E-state index in [1.165, 1.54) is 23.5 Å². The van der Waals surface area contributed by atoms with Crippen molar-refractivity contribution in [2.45, 2.75) is 19.4 Å². The van der Waals surface area contributed by atoms with E-state index in [4.69, 9.17) is 15.5 Å². The highest BCUT2D eigenvalue weighted by molar-refractivity contribution is 9.10. The summed E-state index contributed by atoms with van der Waals surface area (Å²) in [6.45, 7) is 3.21. The molecule has 152 valence electrons. The molecule has 2 atom stereocenters. The van der Waals surface area contributed by atoms with Crippen LogP contribution in [0.25, 0.3) is 0 Å². The molecule has 0 spiro atoms. The van der Waals surface area contributed by atoms with Crippen LogP contribution >= 0.6 is 27.3 Å². The highest BCUT2D eigenvalue weighted by Gasteiger charge is 2.42. The Hall–Kier alpha value is -2.10. The summed E-state index contributed by atoms with van der Waals surface area (Å²) in [5, 5.41) is 2.66. The molecular weight excluding hydrogens is 459 g/mol. The van der Waals surface area contributed by atoms with Crippen molar-refractivity contribution in [3.8, 4) is 0 Å². The Morgan fingerprint density at radius 1 is 1.48 bits per heavy atom. The number of nitrogens with zero attached hydrogens (tertiary/aromatic N) is 3. The first-order valence-electron chi connectivity index (χ1n) is 9.33. The summed E-state index contributed by atoms with van der Waals surface area (Å²) in [5.74, 6) is 0.139. The van der Waals surface area contributed by atoms with Crippen LogP contribution in [0.5, 0.6) is 0 Å².